The Kier molecular flexibility index (Phi) is 4.82. The Morgan fingerprint density at radius 2 is 2.28 bits per heavy atom. The average molecular weight is 272 g/mol. The van der Waals surface area contributed by atoms with Crippen molar-refractivity contribution in [1.29, 1.82) is 5.26 Å². The molecule has 0 aliphatic heterocycles. The number of unbranched alkanes of at least 4 members (excludes halogenated alkanes) is 2. The second kappa shape index (κ2) is 6.13. The van der Waals surface area contributed by atoms with Crippen LogP contribution in [0.4, 0.5) is 0 Å². The highest BCUT2D eigenvalue weighted by molar-refractivity contribution is 7.89. The quantitative estimate of drug-likeness (QED) is 0.601. The van der Waals surface area contributed by atoms with Gasteiger partial charge in [-0.1, -0.05) is 0 Å². The number of nitriles is 1. The maximum atomic E-state index is 11.7. The second-order valence-corrected chi connectivity index (χ2v) is 5.13. The lowest BCUT2D eigenvalue weighted by molar-refractivity contribution is 0.0692. The van der Waals surface area contributed by atoms with Crippen LogP contribution in [-0.4, -0.2) is 36.2 Å². The fourth-order valence-electron chi connectivity index (χ4n) is 1.24. The van der Waals surface area contributed by atoms with Crippen molar-refractivity contribution in [1.82, 2.24) is 14.9 Å². The summed E-state index contributed by atoms with van der Waals surface area (Å²) in [5.74, 6) is -1.37. The van der Waals surface area contributed by atoms with Gasteiger partial charge in [0.2, 0.25) is 0 Å². The minimum atomic E-state index is -3.91. The molecule has 8 nitrogen and oxygen atoms in total. The molecule has 0 radical (unpaired) electrons. The summed E-state index contributed by atoms with van der Waals surface area (Å²) in [7, 11) is -3.91. The number of H-pyrrole nitrogens is 1. The van der Waals surface area contributed by atoms with Gasteiger partial charge in [0, 0.05) is 13.0 Å². The number of carboxylic acid groups (broad SMARTS) is 1. The number of hydrogen-bond acceptors (Lipinski definition) is 5. The van der Waals surface area contributed by atoms with Crippen LogP contribution in [0.15, 0.2) is 11.2 Å². The summed E-state index contributed by atoms with van der Waals surface area (Å²) in [6.45, 7) is 0.141. The number of carboxylic acids is 1. The molecule has 1 aromatic rings. The zero-order chi connectivity index (χ0) is 13.6. The van der Waals surface area contributed by atoms with Crippen molar-refractivity contribution in [2.75, 3.05) is 6.54 Å². The van der Waals surface area contributed by atoms with Crippen molar-refractivity contribution in [3.05, 3.63) is 11.8 Å². The van der Waals surface area contributed by atoms with E-state index in [4.69, 9.17) is 10.4 Å². The van der Waals surface area contributed by atoms with Gasteiger partial charge in [-0.05, 0) is 12.8 Å². The van der Waals surface area contributed by atoms with Crippen LogP contribution in [0.3, 0.4) is 0 Å². The standard InChI is InChI=1S/C9H12N4O4S/c10-4-2-1-3-5-12-18(16,17)8-7(9(14)15)6-11-13-8/h6,12H,1-3,5H2,(H,11,13)(H,14,15). The number of hydrogen-bond donors (Lipinski definition) is 3. The van der Waals surface area contributed by atoms with Gasteiger partial charge in [0.15, 0.2) is 5.03 Å². The number of sulfonamides is 1. The van der Waals surface area contributed by atoms with Crippen LogP contribution in [0.25, 0.3) is 0 Å². The van der Waals surface area contributed by atoms with E-state index >= 15 is 0 Å². The van der Waals surface area contributed by atoms with Gasteiger partial charge in [0.25, 0.3) is 10.0 Å². The van der Waals surface area contributed by atoms with Gasteiger partial charge < -0.3 is 5.11 Å². The number of nitrogens with zero attached hydrogens (tertiary/aromatic N) is 2. The van der Waals surface area contributed by atoms with Gasteiger partial charge in [-0.15, -0.1) is 0 Å². The maximum Gasteiger partial charge on any atom is 0.340 e. The molecule has 1 rings (SSSR count). The topological polar surface area (TPSA) is 136 Å². The molecule has 98 valence electrons. The fraction of sp³-hybridized carbons (Fsp3) is 0.444. The van der Waals surface area contributed by atoms with E-state index in [0.717, 1.165) is 6.20 Å². The molecule has 3 N–H and O–H groups in total. The Morgan fingerprint density at radius 1 is 1.56 bits per heavy atom. The number of nitrogens with one attached hydrogen (secondary N) is 2. The summed E-state index contributed by atoms with van der Waals surface area (Å²) in [4.78, 5) is 10.8. The molecule has 0 spiro atoms. The monoisotopic (exact) mass is 272 g/mol. The second-order valence-electron chi connectivity index (χ2n) is 3.43. The van der Waals surface area contributed by atoms with Gasteiger partial charge in [-0.3, -0.25) is 5.10 Å². The summed E-state index contributed by atoms with van der Waals surface area (Å²) < 4.78 is 25.7. The lowest BCUT2D eigenvalue weighted by Gasteiger charge is -2.04. The number of rotatable bonds is 7. The Bertz CT molecular complexity index is 557. The van der Waals surface area contributed by atoms with Crippen LogP contribution in [0.1, 0.15) is 29.6 Å². The van der Waals surface area contributed by atoms with E-state index in [1.54, 1.807) is 0 Å². The van der Waals surface area contributed by atoms with Crippen molar-refractivity contribution >= 4 is 16.0 Å². The molecule has 0 amide bonds. The summed E-state index contributed by atoms with van der Waals surface area (Å²) >= 11 is 0. The van der Waals surface area contributed by atoms with Crippen LogP contribution in [0, 0.1) is 11.3 Å². The molecule has 0 bridgehead atoms. The minimum absolute atomic E-state index is 0.141. The molecule has 0 saturated carbocycles. The summed E-state index contributed by atoms with van der Waals surface area (Å²) in [5.41, 5.74) is -0.403. The molecule has 0 aliphatic rings. The van der Waals surface area contributed by atoms with Crippen LogP contribution in [-0.2, 0) is 10.0 Å². The average Bonchev–Trinajstić information content (AvgIpc) is 2.78. The minimum Gasteiger partial charge on any atom is -0.478 e. The van der Waals surface area contributed by atoms with E-state index < -0.39 is 26.6 Å². The van der Waals surface area contributed by atoms with Gasteiger partial charge in [0.05, 0.1) is 12.3 Å². The molecule has 0 fully saturated rings. The maximum absolute atomic E-state index is 11.7. The van der Waals surface area contributed by atoms with Crippen molar-refractivity contribution in [2.45, 2.75) is 24.3 Å². The largest absolute Gasteiger partial charge is 0.478 e. The van der Waals surface area contributed by atoms with Crippen LogP contribution in [0.5, 0.6) is 0 Å². The van der Waals surface area contributed by atoms with Crippen LogP contribution < -0.4 is 4.72 Å². The normalized spacial score (nSPS) is 11.1. The number of carbonyl (C=O) groups is 1. The van der Waals surface area contributed by atoms with E-state index in [-0.39, 0.29) is 6.54 Å². The molecule has 0 saturated heterocycles. The molecule has 0 atom stereocenters. The summed E-state index contributed by atoms with van der Waals surface area (Å²) in [5, 5.41) is 22.2. The third kappa shape index (κ3) is 3.54. The predicted octanol–water partition coefficient (Wildman–Crippen LogP) is 0.0801. The first-order valence-electron chi connectivity index (χ1n) is 5.12. The molecule has 1 aromatic heterocycles. The summed E-state index contributed by atoms with van der Waals surface area (Å²) in [6.07, 6.45) is 2.37. The van der Waals surface area contributed by atoms with Crippen molar-refractivity contribution in [2.24, 2.45) is 0 Å². The van der Waals surface area contributed by atoms with E-state index in [9.17, 15) is 13.2 Å². The molecular weight excluding hydrogens is 260 g/mol. The van der Waals surface area contributed by atoms with Crippen molar-refractivity contribution in [3.63, 3.8) is 0 Å². The first-order chi connectivity index (χ1) is 8.49. The van der Waals surface area contributed by atoms with Gasteiger partial charge >= 0.3 is 5.97 Å². The highest BCUT2D eigenvalue weighted by Gasteiger charge is 2.24. The molecule has 0 unspecified atom stereocenters. The third-order valence-corrected chi connectivity index (χ3v) is 3.54. The Balaban J connectivity index is 2.67. The van der Waals surface area contributed by atoms with E-state index in [1.165, 1.54) is 0 Å². The SMILES string of the molecule is N#CCCCCNS(=O)(=O)c1[nH]ncc1C(=O)O. The lowest BCUT2D eigenvalue weighted by Crippen LogP contribution is -2.26. The van der Waals surface area contributed by atoms with Gasteiger partial charge in [-0.25, -0.2) is 17.9 Å². The van der Waals surface area contributed by atoms with Crippen LogP contribution >= 0.6 is 0 Å². The highest BCUT2D eigenvalue weighted by Crippen LogP contribution is 2.11. The Morgan fingerprint density at radius 3 is 2.89 bits per heavy atom. The smallest absolute Gasteiger partial charge is 0.340 e. The lowest BCUT2D eigenvalue weighted by atomic mass is 10.2. The highest BCUT2D eigenvalue weighted by atomic mass is 32.2. The zero-order valence-corrected chi connectivity index (χ0v) is 10.2. The van der Waals surface area contributed by atoms with E-state index in [0.29, 0.717) is 19.3 Å². The number of aromatic amines is 1. The predicted molar refractivity (Wildman–Crippen MR) is 60.2 cm³/mol. The van der Waals surface area contributed by atoms with Crippen LogP contribution in [0.2, 0.25) is 0 Å². The molecule has 1 heterocycles. The first kappa shape index (κ1) is 14.1. The zero-order valence-electron chi connectivity index (χ0n) is 9.38. The number of aromatic nitrogens is 2. The fourth-order valence-corrected chi connectivity index (χ4v) is 2.40. The number of aromatic carboxylic acids is 1. The molecule has 18 heavy (non-hydrogen) atoms. The van der Waals surface area contributed by atoms with Gasteiger partial charge in [-0.2, -0.15) is 10.4 Å². The van der Waals surface area contributed by atoms with E-state index in [1.807, 2.05) is 6.07 Å². The molecule has 0 aromatic carbocycles. The first-order valence-corrected chi connectivity index (χ1v) is 6.60. The third-order valence-electron chi connectivity index (χ3n) is 2.11. The molecular formula is C9H12N4O4S. The van der Waals surface area contributed by atoms with Crippen molar-refractivity contribution in [3.8, 4) is 6.07 Å². The molecule has 9 heteroatoms. The molecule has 0 aliphatic carbocycles. The Labute approximate surface area is 104 Å². The van der Waals surface area contributed by atoms with E-state index in [2.05, 4.69) is 14.9 Å². The van der Waals surface area contributed by atoms with Gasteiger partial charge in [0.1, 0.15) is 5.56 Å². The summed E-state index contributed by atoms with van der Waals surface area (Å²) in [6, 6.07) is 1.95. The van der Waals surface area contributed by atoms with Crippen molar-refractivity contribution < 1.29 is 18.3 Å². The Hall–Kier alpha value is -1.92.